The van der Waals surface area contributed by atoms with Gasteiger partial charge >= 0.3 is 0 Å². The number of piperazine rings is 1. The topological polar surface area (TPSA) is 15.3 Å². The number of rotatable bonds is 2. The molecule has 0 aromatic heterocycles. The lowest BCUT2D eigenvalue weighted by atomic mass is 10.1. The van der Waals surface area contributed by atoms with E-state index in [1.54, 1.807) is 12.1 Å². The molecule has 0 saturated carbocycles. The van der Waals surface area contributed by atoms with Gasteiger partial charge in [-0.1, -0.05) is 11.6 Å². The first-order chi connectivity index (χ1) is 7.66. The molecular formula is C12H16ClFN2. The number of hydrogen-bond acceptors (Lipinski definition) is 2. The molecule has 0 bridgehead atoms. The fourth-order valence-corrected chi connectivity index (χ4v) is 2.19. The van der Waals surface area contributed by atoms with Crippen LogP contribution in [0.3, 0.4) is 0 Å². The molecule has 1 aliphatic rings. The quantitative estimate of drug-likeness (QED) is 0.856. The number of aryl methyl sites for hydroxylation is 1. The number of halogens is 2. The second-order valence-corrected chi connectivity index (χ2v) is 4.63. The molecule has 2 rings (SSSR count). The van der Waals surface area contributed by atoms with Crippen molar-refractivity contribution in [3.63, 3.8) is 0 Å². The Balaban J connectivity index is 2.11. The van der Waals surface area contributed by atoms with Gasteiger partial charge in [0.05, 0.1) is 5.02 Å². The number of hydrogen-bond donors (Lipinski definition) is 1. The minimum Gasteiger partial charge on any atom is -0.314 e. The van der Waals surface area contributed by atoms with Crippen molar-refractivity contribution in [1.29, 1.82) is 0 Å². The summed E-state index contributed by atoms with van der Waals surface area (Å²) in [5, 5.41) is 3.51. The standard InChI is InChI=1S/C12H16ClFN2/c1-9-6-11(13)12(14)7-10(9)8-16-4-2-15-3-5-16/h6-7,15H,2-5,8H2,1H3. The van der Waals surface area contributed by atoms with Gasteiger partial charge in [0.2, 0.25) is 0 Å². The maximum Gasteiger partial charge on any atom is 0.142 e. The lowest BCUT2D eigenvalue weighted by molar-refractivity contribution is 0.232. The molecule has 1 heterocycles. The van der Waals surface area contributed by atoms with E-state index >= 15 is 0 Å². The van der Waals surface area contributed by atoms with E-state index in [4.69, 9.17) is 11.6 Å². The van der Waals surface area contributed by atoms with Crippen LogP contribution in [0.1, 0.15) is 11.1 Å². The van der Waals surface area contributed by atoms with Crippen LogP contribution in [0.4, 0.5) is 4.39 Å². The van der Waals surface area contributed by atoms with Gasteiger partial charge in [-0.15, -0.1) is 0 Å². The second kappa shape index (κ2) is 5.13. The summed E-state index contributed by atoms with van der Waals surface area (Å²) >= 11 is 5.73. The molecule has 1 aliphatic heterocycles. The van der Waals surface area contributed by atoms with Crippen molar-refractivity contribution in [1.82, 2.24) is 10.2 Å². The first kappa shape index (κ1) is 11.8. The Bertz CT molecular complexity index is 376. The lowest BCUT2D eigenvalue weighted by Crippen LogP contribution is -2.43. The van der Waals surface area contributed by atoms with Crippen molar-refractivity contribution in [3.8, 4) is 0 Å². The summed E-state index contributed by atoms with van der Waals surface area (Å²) in [6.45, 7) is 6.84. The molecule has 0 unspecified atom stereocenters. The Morgan fingerprint density at radius 1 is 1.38 bits per heavy atom. The van der Waals surface area contributed by atoms with Gasteiger partial charge in [0, 0.05) is 32.7 Å². The number of nitrogens with one attached hydrogen (secondary N) is 1. The summed E-state index contributed by atoms with van der Waals surface area (Å²) in [5.74, 6) is -0.322. The van der Waals surface area contributed by atoms with Gasteiger partial charge in [0.15, 0.2) is 0 Å². The van der Waals surface area contributed by atoms with E-state index in [-0.39, 0.29) is 10.8 Å². The fraction of sp³-hybridized carbons (Fsp3) is 0.500. The van der Waals surface area contributed by atoms with Crippen molar-refractivity contribution in [2.75, 3.05) is 26.2 Å². The fourth-order valence-electron chi connectivity index (χ4n) is 1.97. The molecule has 1 fully saturated rings. The Morgan fingerprint density at radius 3 is 2.75 bits per heavy atom. The maximum atomic E-state index is 13.4. The third-order valence-electron chi connectivity index (χ3n) is 2.98. The molecule has 1 N–H and O–H groups in total. The zero-order valence-electron chi connectivity index (χ0n) is 9.39. The summed E-state index contributed by atoms with van der Waals surface area (Å²) < 4.78 is 13.4. The third kappa shape index (κ3) is 2.73. The monoisotopic (exact) mass is 242 g/mol. The summed E-state index contributed by atoms with van der Waals surface area (Å²) in [6.07, 6.45) is 0. The summed E-state index contributed by atoms with van der Waals surface area (Å²) in [5.41, 5.74) is 2.09. The molecule has 0 amide bonds. The highest BCUT2D eigenvalue weighted by molar-refractivity contribution is 6.30. The predicted molar refractivity (Wildman–Crippen MR) is 64.3 cm³/mol. The summed E-state index contributed by atoms with van der Waals surface area (Å²) in [6, 6.07) is 3.26. The van der Waals surface area contributed by atoms with Crippen LogP contribution in [0.15, 0.2) is 12.1 Å². The Kier molecular flexibility index (Phi) is 3.79. The van der Waals surface area contributed by atoms with Crippen molar-refractivity contribution in [3.05, 3.63) is 34.1 Å². The molecule has 0 atom stereocenters. The van der Waals surface area contributed by atoms with Crippen LogP contribution in [0.5, 0.6) is 0 Å². The average molecular weight is 243 g/mol. The second-order valence-electron chi connectivity index (χ2n) is 4.22. The zero-order valence-corrected chi connectivity index (χ0v) is 10.1. The molecule has 4 heteroatoms. The van der Waals surface area contributed by atoms with Crippen LogP contribution in [-0.2, 0) is 6.54 Å². The van der Waals surface area contributed by atoms with Crippen molar-refractivity contribution in [2.24, 2.45) is 0 Å². The Hall–Kier alpha value is -0.640. The van der Waals surface area contributed by atoms with Gasteiger partial charge < -0.3 is 5.32 Å². The van der Waals surface area contributed by atoms with Crippen molar-refractivity contribution < 1.29 is 4.39 Å². The predicted octanol–water partition coefficient (Wildman–Crippen LogP) is 2.19. The molecule has 1 aromatic rings. The minimum absolute atomic E-state index is 0.210. The molecule has 2 nitrogen and oxygen atoms in total. The van der Waals surface area contributed by atoms with E-state index in [2.05, 4.69) is 10.2 Å². The lowest BCUT2D eigenvalue weighted by Gasteiger charge is -2.27. The van der Waals surface area contributed by atoms with Gasteiger partial charge in [0.1, 0.15) is 5.82 Å². The molecule has 0 aliphatic carbocycles. The van der Waals surface area contributed by atoms with Gasteiger partial charge in [-0.2, -0.15) is 0 Å². The first-order valence-electron chi connectivity index (χ1n) is 5.54. The number of benzene rings is 1. The van der Waals surface area contributed by atoms with Gasteiger partial charge in [0.25, 0.3) is 0 Å². The highest BCUT2D eigenvalue weighted by Crippen LogP contribution is 2.21. The largest absolute Gasteiger partial charge is 0.314 e. The van der Waals surface area contributed by atoms with Crippen LogP contribution in [-0.4, -0.2) is 31.1 Å². The van der Waals surface area contributed by atoms with E-state index in [0.29, 0.717) is 0 Å². The van der Waals surface area contributed by atoms with Crippen molar-refractivity contribution >= 4 is 11.6 Å². The van der Waals surface area contributed by atoms with Crippen LogP contribution in [0.2, 0.25) is 5.02 Å². The Morgan fingerprint density at radius 2 is 2.06 bits per heavy atom. The molecule has 16 heavy (non-hydrogen) atoms. The van der Waals surface area contributed by atoms with Gasteiger partial charge in [-0.05, 0) is 30.2 Å². The molecule has 1 saturated heterocycles. The molecular weight excluding hydrogens is 227 g/mol. The molecule has 0 radical (unpaired) electrons. The van der Waals surface area contributed by atoms with E-state index in [0.717, 1.165) is 43.9 Å². The SMILES string of the molecule is Cc1cc(Cl)c(F)cc1CN1CCNCC1. The van der Waals surface area contributed by atoms with E-state index in [1.807, 2.05) is 6.92 Å². The van der Waals surface area contributed by atoms with Crippen LogP contribution < -0.4 is 5.32 Å². The normalized spacial score (nSPS) is 17.7. The average Bonchev–Trinajstić information content (AvgIpc) is 2.27. The third-order valence-corrected chi connectivity index (χ3v) is 3.27. The van der Waals surface area contributed by atoms with E-state index in [1.165, 1.54) is 0 Å². The molecule has 1 aromatic carbocycles. The first-order valence-corrected chi connectivity index (χ1v) is 5.92. The zero-order chi connectivity index (χ0) is 11.5. The highest BCUT2D eigenvalue weighted by Gasteiger charge is 2.12. The summed E-state index contributed by atoms with van der Waals surface area (Å²) in [7, 11) is 0. The van der Waals surface area contributed by atoms with E-state index in [9.17, 15) is 4.39 Å². The molecule has 88 valence electrons. The van der Waals surface area contributed by atoms with Gasteiger partial charge in [-0.3, -0.25) is 4.90 Å². The smallest absolute Gasteiger partial charge is 0.142 e. The summed E-state index contributed by atoms with van der Waals surface area (Å²) in [4.78, 5) is 2.33. The maximum absolute atomic E-state index is 13.4. The van der Waals surface area contributed by atoms with Crippen LogP contribution >= 0.6 is 11.6 Å². The van der Waals surface area contributed by atoms with Crippen LogP contribution in [0.25, 0.3) is 0 Å². The Labute approximate surface area is 100 Å². The van der Waals surface area contributed by atoms with E-state index < -0.39 is 0 Å². The van der Waals surface area contributed by atoms with Crippen LogP contribution in [0, 0.1) is 12.7 Å². The molecule has 0 spiro atoms. The highest BCUT2D eigenvalue weighted by atomic mass is 35.5. The number of nitrogens with zero attached hydrogens (tertiary/aromatic N) is 1. The minimum atomic E-state index is -0.322. The van der Waals surface area contributed by atoms with Gasteiger partial charge in [-0.25, -0.2) is 4.39 Å². The van der Waals surface area contributed by atoms with Crippen molar-refractivity contribution in [2.45, 2.75) is 13.5 Å².